The summed E-state index contributed by atoms with van der Waals surface area (Å²) in [7, 11) is 2.16. The molecule has 0 bridgehead atoms. The molecule has 6 nitrogen and oxygen atoms in total. The summed E-state index contributed by atoms with van der Waals surface area (Å²) in [6, 6.07) is 7.96. The zero-order chi connectivity index (χ0) is 18.1. The lowest BCUT2D eigenvalue weighted by atomic mass is 10.0. The highest BCUT2D eigenvalue weighted by Crippen LogP contribution is 2.36. The Kier molecular flexibility index (Phi) is 4.87. The van der Waals surface area contributed by atoms with Crippen molar-refractivity contribution in [3.8, 4) is 5.75 Å². The molecule has 0 aliphatic carbocycles. The number of likely N-dealkylation sites (N-methyl/N-ethyl adjacent to an activating group) is 1. The van der Waals surface area contributed by atoms with Gasteiger partial charge in [-0.3, -0.25) is 0 Å². The van der Waals surface area contributed by atoms with E-state index in [1.54, 1.807) is 0 Å². The van der Waals surface area contributed by atoms with Crippen molar-refractivity contribution in [1.29, 1.82) is 0 Å². The number of benzene rings is 1. The smallest absolute Gasteiger partial charge is 0.134 e. The zero-order valence-electron chi connectivity index (χ0n) is 15.2. The number of ether oxygens (including phenoxy) is 1. The van der Waals surface area contributed by atoms with Gasteiger partial charge in [-0.15, -0.1) is 0 Å². The van der Waals surface area contributed by atoms with Gasteiger partial charge in [0, 0.05) is 49.3 Å². The van der Waals surface area contributed by atoms with Gasteiger partial charge in [-0.1, -0.05) is 11.6 Å². The third kappa shape index (κ3) is 3.71. The van der Waals surface area contributed by atoms with Crippen LogP contribution >= 0.6 is 11.6 Å². The van der Waals surface area contributed by atoms with E-state index in [9.17, 15) is 0 Å². The topological polar surface area (TPSA) is 53.5 Å². The van der Waals surface area contributed by atoms with Crippen LogP contribution in [0.25, 0.3) is 0 Å². The minimum atomic E-state index is 0.132. The summed E-state index contributed by atoms with van der Waals surface area (Å²) < 4.78 is 5.75. The van der Waals surface area contributed by atoms with Gasteiger partial charge in [0.05, 0.1) is 12.6 Å². The summed E-state index contributed by atoms with van der Waals surface area (Å²) >= 11 is 6.19. The standard InChI is InChI=1S/C19H24ClN5O/c1-13-21-18(12-19(22-13)25-8-6-24(2)7-9-25)23-16-5-10-26-17-4-3-14(20)11-15(16)17/h3-4,11-12,16H,5-10H2,1-2H3,(H,21,22,23). The van der Waals surface area contributed by atoms with E-state index in [0.29, 0.717) is 6.61 Å². The molecule has 2 aromatic rings. The average molecular weight is 374 g/mol. The largest absolute Gasteiger partial charge is 0.493 e. The number of hydrogen-bond donors (Lipinski definition) is 1. The summed E-state index contributed by atoms with van der Waals surface area (Å²) in [5.41, 5.74) is 1.08. The van der Waals surface area contributed by atoms with Crippen LogP contribution in [0.1, 0.15) is 23.9 Å². The van der Waals surface area contributed by atoms with Gasteiger partial charge in [0.1, 0.15) is 23.2 Å². The van der Waals surface area contributed by atoms with Crippen LogP contribution in [0.2, 0.25) is 5.02 Å². The molecule has 1 aromatic carbocycles. The molecule has 138 valence electrons. The first-order valence-corrected chi connectivity index (χ1v) is 9.44. The lowest BCUT2D eigenvalue weighted by molar-refractivity contribution is 0.274. The summed E-state index contributed by atoms with van der Waals surface area (Å²) in [5, 5.41) is 4.29. The van der Waals surface area contributed by atoms with Gasteiger partial charge < -0.3 is 19.9 Å². The molecule has 1 unspecified atom stereocenters. The fourth-order valence-electron chi connectivity index (χ4n) is 3.52. The number of piperazine rings is 1. The number of anilines is 2. The Labute approximate surface area is 159 Å². The predicted octanol–water partition coefficient (Wildman–Crippen LogP) is 3.13. The lowest BCUT2D eigenvalue weighted by Gasteiger charge is -2.33. The van der Waals surface area contributed by atoms with E-state index < -0.39 is 0 Å². The normalized spacial score (nSPS) is 20.4. The van der Waals surface area contributed by atoms with E-state index in [2.05, 4.69) is 38.2 Å². The Hall–Kier alpha value is -2.05. The van der Waals surface area contributed by atoms with Crippen molar-refractivity contribution in [2.75, 3.05) is 50.1 Å². The maximum Gasteiger partial charge on any atom is 0.134 e. The third-order valence-electron chi connectivity index (χ3n) is 4.99. The van der Waals surface area contributed by atoms with Crippen LogP contribution < -0.4 is 15.0 Å². The molecule has 26 heavy (non-hydrogen) atoms. The fraction of sp³-hybridized carbons (Fsp3) is 0.474. The number of fused-ring (bicyclic) bond motifs is 1. The Morgan fingerprint density at radius 3 is 2.77 bits per heavy atom. The van der Waals surface area contributed by atoms with Crippen molar-refractivity contribution < 1.29 is 4.74 Å². The maximum atomic E-state index is 6.19. The molecule has 2 aliphatic heterocycles. The Balaban J connectivity index is 1.57. The molecule has 2 aliphatic rings. The molecule has 0 saturated carbocycles. The second-order valence-corrected chi connectivity index (χ2v) is 7.40. The molecule has 1 aromatic heterocycles. The summed E-state index contributed by atoms with van der Waals surface area (Å²) in [6.07, 6.45) is 0.875. The molecule has 1 fully saturated rings. The summed E-state index contributed by atoms with van der Waals surface area (Å²) in [4.78, 5) is 13.9. The molecule has 1 N–H and O–H groups in total. The minimum absolute atomic E-state index is 0.132. The second-order valence-electron chi connectivity index (χ2n) is 6.97. The summed E-state index contributed by atoms with van der Waals surface area (Å²) in [5.74, 6) is 3.52. The zero-order valence-corrected chi connectivity index (χ0v) is 16.0. The van der Waals surface area contributed by atoms with Crippen LogP contribution in [0.15, 0.2) is 24.3 Å². The summed E-state index contributed by atoms with van der Waals surface area (Å²) in [6.45, 7) is 6.71. The quantitative estimate of drug-likeness (QED) is 0.892. The molecule has 1 atom stereocenters. The molecular formula is C19H24ClN5O. The first kappa shape index (κ1) is 17.4. The van der Waals surface area contributed by atoms with Crippen LogP contribution in [0.5, 0.6) is 5.75 Å². The van der Waals surface area contributed by atoms with Gasteiger partial charge in [-0.05, 0) is 32.2 Å². The van der Waals surface area contributed by atoms with E-state index in [1.165, 1.54) is 0 Å². The molecule has 0 amide bonds. The molecule has 4 rings (SSSR count). The van der Waals surface area contributed by atoms with Crippen molar-refractivity contribution in [3.05, 3.63) is 40.7 Å². The van der Waals surface area contributed by atoms with Crippen LogP contribution in [0.3, 0.4) is 0 Å². The van der Waals surface area contributed by atoms with E-state index in [-0.39, 0.29) is 6.04 Å². The Morgan fingerprint density at radius 2 is 1.96 bits per heavy atom. The van der Waals surface area contributed by atoms with Gasteiger partial charge in [-0.25, -0.2) is 9.97 Å². The van der Waals surface area contributed by atoms with E-state index in [4.69, 9.17) is 16.3 Å². The monoisotopic (exact) mass is 373 g/mol. The minimum Gasteiger partial charge on any atom is -0.493 e. The lowest BCUT2D eigenvalue weighted by Crippen LogP contribution is -2.44. The number of nitrogens with zero attached hydrogens (tertiary/aromatic N) is 4. The number of hydrogen-bond acceptors (Lipinski definition) is 6. The van der Waals surface area contributed by atoms with Crippen molar-refractivity contribution in [2.45, 2.75) is 19.4 Å². The van der Waals surface area contributed by atoms with Crippen molar-refractivity contribution in [1.82, 2.24) is 14.9 Å². The SMILES string of the molecule is Cc1nc(NC2CCOc3ccc(Cl)cc32)cc(N2CCN(C)CC2)n1. The number of rotatable bonds is 3. The Morgan fingerprint density at radius 1 is 1.15 bits per heavy atom. The molecule has 3 heterocycles. The number of aryl methyl sites for hydroxylation is 1. The maximum absolute atomic E-state index is 6.19. The average Bonchev–Trinajstić information content (AvgIpc) is 2.62. The molecule has 0 spiro atoms. The number of halogens is 1. The van der Waals surface area contributed by atoms with Crippen LogP contribution in [0.4, 0.5) is 11.6 Å². The highest BCUT2D eigenvalue weighted by Gasteiger charge is 2.23. The van der Waals surface area contributed by atoms with Crippen molar-refractivity contribution in [2.24, 2.45) is 0 Å². The highest BCUT2D eigenvalue weighted by atomic mass is 35.5. The molecular weight excluding hydrogens is 350 g/mol. The second kappa shape index (κ2) is 7.29. The van der Waals surface area contributed by atoms with Crippen LogP contribution in [-0.2, 0) is 0 Å². The predicted molar refractivity (Wildman–Crippen MR) is 104 cm³/mol. The fourth-order valence-corrected chi connectivity index (χ4v) is 3.70. The van der Waals surface area contributed by atoms with E-state index in [1.807, 2.05) is 25.1 Å². The first-order chi connectivity index (χ1) is 12.6. The molecule has 1 saturated heterocycles. The molecule has 7 heteroatoms. The molecule has 0 radical (unpaired) electrons. The van der Waals surface area contributed by atoms with Gasteiger partial charge in [0.15, 0.2) is 0 Å². The highest BCUT2D eigenvalue weighted by molar-refractivity contribution is 6.30. The van der Waals surface area contributed by atoms with Gasteiger partial charge in [-0.2, -0.15) is 0 Å². The van der Waals surface area contributed by atoms with Crippen molar-refractivity contribution in [3.63, 3.8) is 0 Å². The van der Waals surface area contributed by atoms with Gasteiger partial charge >= 0.3 is 0 Å². The van der Waals surface area contributed by atoms with E-state index >= 15 is 0 Å². The number of nitrogens with one attached hydrogen (secondary N) is 1. The van der Waals surface area contributed by atoms with Gasteiger partial charge in [0.2, 0.25) is 0 Å². The van der Waals surface area contributed by atoms with Crippen molar-refractivity contribution >= 4 is 23.2 Å². The number of aromatic nitrogens is 2. The Bertz CT molecular complexity index is 791. The van der Waals surface area contributed by atoms with E-state index in [0.717, 1.165) is 66.4 Å². The van der Waals surface area contributed by atoms with Crippen LogP contribution in [-0.4, -0.2) is 54.7 Å². The van der Waals surface area contributed by atoms with Crippen LogP contribution in [0, 0.1) is 6.92 Å². The third-order valence-corrected chi connectivity index (χ3v) is 5.22. The van der Waals surface area contributed by atoms with Gasteiger partial charge in [0.25, 0.3) is 0 Å². The first-order valence-electron chi connectivity index (χ1n) is 9.06.